The highest BCUT2D eigenvalue weighted by molar-refractivity contribution is 8.00. The van der Waals surface area contributed by atoms with E-state index in [1.54, 1.807) is 0 Å². The van der Waals surface area contributed by atoms with E-state index in [2.05, 4.69) is 39.5 Å². The van der Waals surface area contributed by atoms with Crippen LogP contribution in [-0.2, 0) is 0 Å². The molecule has 0 aliphatic rings. The molecule has 0 spiro atoms. The lowest BCUT2D eigenvalue weighted by atomic mass is 10.1. The van der Waals surface area contributed by atoms with Crippen molar-refractivity contribution < 1.29 is 0 Å². The maximum absolute atomic E-state index is 2.31. The standard InChI is InChI=1S/C15H32S/c1-5-6-7-8-9-10-11-12-13-14-16-15(2,3)4/h5-14H2,1-4H3. The van der Waals surface area contributed by atoms with Crippen LogP contribution >= 0.6 is 11.8 Å². The first-order valence-corrected chi connectivity index (χ1v) is 8.19. The molecule has 0 aromatic heterocycles. The molecule has 16 heavy (non-hydrogen) atoms. The highest BCUT2D eigenvalue weighted by atomic mass is 32.2. The lowest BCUT2D eigenvalue weighted by molar-refractivity contribution is 0.573. The maximum Gasteiger partial charge on any atom is 0.00750 e. The quantitative estimate of drug-likeness (QED) is 0.422. The molecule has 98 valence electrons. The van der Waals surface area contributed by atoms with Gasteiger partial charge in [-0.1, -0.05) is 79.1 Å². The first kappa shape index (κ1) is 16.4. The van der Waals surface area contributed by atoms with Gasteiger partial charge in [0.2, 0.25) is 0 Å². The monoisotopic (exact) mass is 244 g/mol. The van der Waals surface area contributed by atoms with Gasteiger partial charge in [0, 0.05) is 4.75 Å². The molecule has 0 aliphatic carbocycles. The van der Waals surface area contributed by atoms with Gasteiger partial charge in [0.25, 0.3) is 0 Å². The van der Waals surface area contributed by atoms with Crippen molar-refractivity contribution in [1.29, 1.82) is 0 Å². The minimum atomic E-state index is 0.458. The molecule has 0 unspecified atom stereocenters. The molecule has 0 atom stereocenters. The van der Waals surface area contributed by atoms with Gasteiger partial charge in [0.1, 0.15) is 0 Å². The van der Waals surface area contributed by atoms with Crippen LogP contribution in [0.4, 0.5) is 0 Å². The first-order chi connectivity index (χ1) is 7.56. The molecule has 0 nitrogen and oxygen atoms in total. The summed E-state index contributed by atoms with van der Waals surface area (Å²) in [6.07, 6.45) is 13.0. The number of rotatable bonds is 10. The average molecular weight is 244 g/mol. The molecule has 0 rings (SSSR count). The molecule has 0 heterocycles. The van der Waals surface area contributed by atoms with E-state index in [9.17, 15) is 0 Å². The highest BCUT2D eigenvalue weighted by Crippen LogP contribution is 2.24. The van der Waals surface area contributed by atoms with Crippen LogP contribution in [0, 0.1) is 0 Å². The van der Waals surface area contributed by atoms with Crippen molar-refractivity contribution >= 4 is 11.8 Å². The number of unbranched alkanes of at least 4 members (excludes halogenated alkanes) is 8. The summed E-state index contributed by atoms with van der Waals surface area (Å²) < 4.78 is 0.458. The molecule has 0 bridgehead atoms. The minimum Gasteiger partial charge on any atom is -0.156 e. The zero-order valence-electron chi connectivity index (χ0n) is 12.0. The van der Waals surface area contributed by atoms with Gasteiger partial charge in [-0.15, -0.1) is 0 Å². The summed E-state index contributed by atoms with van der Waals surface area (Å²) in [6, 6.07) is 0. The van der Waals surface area contributed by atoms with E-state index in [0.29, 0.717) is 4.75 Å². The van der Waals surface area contributed by atoms with E-state index in [0.717, 1.165) is 0 Å². The number of hydrogen-bond acceptors (Lipinski definition) is 1. The van der Waals surface area contributed by atoms with Gasteiger partial charge < -0.3 is 0 Å². The normalized spacial score (nSPS) is 12.0. The first-order valence-electron chi connectivity index (χ1n) is 7.20. The third kappa shape index (κ3) is 14.4. The summed E-state index contributed by atoms with van der Waals surface area (Å²) >= 11 is 2.11. The molecule has 0 amide bonds. The summed E-state index contributed by atoms with van der Waals surface area (Å²) in [7, 11) is 0. The van der Waals surface area contributed by atoms with Crippen molar-refractivity contribution in [2.24, 2.45) is 0 Å². The van der Waals surface area contributed by atoms with Gasteiger partial charge in [0.15, 0.2) is 0 Å². The van der Waals surface area contributed by atoms with Crippen molar-refractivity contribution in [2.75, 3.05) is 5.75 Å². The van der Waals surface area contributed by atoms with Crippen LogP contribution in [0.2, 0.25) is 0 Å². The molecule has 0 fully saturated rings. The molecule has 0 N–H and O–H groups in total. The Balaban J connectivity index is 2.99. The maximum atomic E-state index is 2.31. The highest BCUT2D eigenvalue weighted by Gasteiger charge is 2.08. The summed E-state index contributed by atoms with van der Waals surface area (Å²) in [5.41, 5.74) is 0. The Morgan fingerprint density at radius 2 is 1.12 bits per heavy atom. The SMILES string of the molecule is CCCCCCCCCCCSC(C)(C)C. The van der Waals surface area contributed by atoms with Crippen molar-refractivity contribution in [2.45, 2.75) is 90.2 Å². The van der Waals surface area contributed by atoms with E-state index in [-0.39, 0.29) is 0 Å². The third-order valence-corrected chi connectivity index (χ3v) is 4.14. The van der Waals surface area contributed by atoms with Crippen LogP contribution < -0.4 is 0 Å². The van der Waals surface area contributed by atoms with Crippen LogP contribution in [0.25, 0.3) is 0 Å². The van der Waals surface area contributed by atoms with Crippen molar-refractivity contribution in [3.05, 3.63) is 0 Å². The molecule has 0 saturated carbocycles. The van der Waals surface area contributed by atoms with Gasteiger partial charge in [-0.25, -0.2) is 0 Å². The van der Waals surface area contributed by atoms with Crippen LogP contribution in [-0.4, -0.2) is 10.5 Å². The topological polar surface area (TPSA) is 0 Å². The fraction of sp³-hybridized carbons (Fsp3) is 1.00. The average Bonchev–Trinajstić information content (AvgIpc) is 2.19. The second-order valence-corrected chi connectivity index (χ2v) is 7.71. The number of hydrogen-bond donors (Lipinski definition) is 0. The summed E-state index contributed by atoms with van der Waals surface area (Å²) in [4.78, 5) is 0. The van der Waals surface area contributed by atoms with Crippen LogP contribution in [0.15, 0.2) is 0 Å². The Kier molecular flexibility index (Phi) is 10.7. The van der Waals surface area contributed by atoms with Gasteiger partial charge >= 0.3 is 0 Å². The van der Waals surface area contributed by atoms with Crippen molar-refractivity contribution in [3.63, 3.8) is 0 Å². The smallest absolute Gasteiger partial charge is 0.00750 e. The predicted octanol–water partition coefficient (Wildman–Crippen LogP) is 6.05. The van der Waals surface area contributed by atoms with Gasteiger partial charge in [-0.05, 0) is 12.2 Å². The molecular weight excluding hydrogens is 212 g/mol. The summed E-state index contributed by atoms with van der Waals surface area (Å²) in [6.45, 7) is 9.22. The van der Waals surface area contributed by atoms with Gasteiger partial charge in [0.05, 0.1) is 0 Å². The predicted molar refractivity (Wildman–Crippen MR) is 79.4 cm³/mol. The van der Waals surface area contributed by atoms with E-state index >= 15 is 0 Å². The van der Waals surface area contributed by atoms with Crippen molar-refractivity contribution in [3.8, 4) is 0 Å². The molecule has 0 aromatic rings. The molecule has 1 heteroatoms. The van der Waals surface area contributed by atoms with E-state index in [1.165, 1.54) is 63.5 Å². The van der Waals surface area contributed by atoms with E-state index < -0.39 is 0 Å². The van der Waals surface area contributed by atoms with Crippen LogP contribution in [0.5, 0.6) is 0 Å². The Bertz CT molecular complexity index is 135. The Morgan fingerprint density at radius 1 is 0.688 bits per heavy atom. The van der Waals surface area contributed by atoms with E-state index in [1.807, 2.05) is 0 Å². The zero-order valence-corrected chi connectivity index (χ0v) is 12.8. The summed E-state index contributed by atoms with van der Waals surface area (Å²) in [5.74, 6) is 1.35. The summed E-state index contributed by atoms with van der Waals surface area (Å²) in [5, 5.41) is 0. The molecule has 0 aromatic carbocycles. The lowest BCUT2D eigenvalue weighted by Gasteiger charge is -2.17. The van der Waals surface area contributed by atoms with Crippen molar-refractivity contribution in [1.82, 2.24) is 0 Å². The number of thioether (sulfide) groups is 1. The van der Waals surface area contributed by atoms with E-state index in [4.69, 9.17) is 0 Å². The lowest BCUT2D eigenvalue weighted by Crippen LogP contribution is -2.08. The third-order valence-electron chi connectivity index (χ3n) is 2.78. The second-order valence-electron chi connectivity index (χ2n) is 5.79. The molecular formula is C15H32S. The largest absolute Gasteiger partial charge is 0.156 e. The Labute approximate surface area is 108 Å². The van der Waals surface area contributed by atoms with Gasteiger partial charge in [-0.3, -0.25) is 0 Å². The van der Waals surface area contributed by atoms with Crippen LogP contribution in [0.1, 0.15) is 85.5 Å². The second kappa shape index (κ2) is 10.5. The zero-order chi connectivity index (χ0) is 12.3. The molecule has 0 radical (unpaired) electrons. The minimum absolute atomic E-state index is 0.458. The molecule has 0 saturated heterocycles. The fourth-order valence-electron chi connectivity index (χ4n) is 1.79. The van der Waals surface area contributed by atoms with Crippen LogP contribution in [0.3, 0.4) is 0 Å². The molecule has 0 aliphatic heterocycles. The Hall–Kier alpha value is 0.350. The Morgan fingerprint density at radius 3 is 1.56 bits per heavy atom. The van der Waals surface area contributed by atoms with Gasteiger partial charge in [-0.2, -0.15) is 11.8 Å². The fourth-order valence-corrected chi connectivity index (χ4v) is 2.75.